The quantitative estimate of drug-likeness (QED) is 0.395. The number of anilines is 3. The second-order valence-corrected chi connectivity index (χ2v) is 8.99. The summed E-state index contributed by atoms with van der Waals surface area (Å²) in [7, 11) is 0. The minimum atomic E-state index is 0.0343. The molecule has 1 N–H and O–H groups in total. The van der Waals surface area contributed by atoms with E-state index in [-0.39, 0.29) is 5.91 Å². The summed E-state index contributed by atoms with van der Waals surface area (Å²) in [5.41, 5.74) is 4.26. The van der Waals surface area contributed by atoms with Crippen molar-refractivity contribution < 1.29 is 4.79 Å². The minimum Gasteiger partial charge on any atom is -0.368 e. The van der Waals surface area contributed by atoms with Crippen LogP contribution >= 0.6 is 0 Å². The third-order valence-electron chi connectivity index (χ3n) is 6.43. The number of pyridine rings is 1. The Labute approximate surface area is 214 Å². The Balaban J connectivity index is 1.20. The molecule has 3 aromatic heterocycles. The third-order valence-corrected chi connectivity index (χ3v) is 6.43. The number of carbonyl (C=O) groups excluding carboxylic acids is 1. The molecule has 5 aromatic rings. The van der Waals surface area contributed by atoms with E-state index < -0.39 is 0 Å². The molecule has 0 saturated carbocycles. The SMILES string of the molecule is Cc1cc(Nc2cccc(C(=O)N3CCN(c4ccccc4)CC3)c2)n2nc(-c3cccnc3)nc2n1. The molecule has 1 amide bonds. The first-order valence-corrected chi connectivity index (χ1v) is 12.3. The van der Waals surface area contributed by atoms with E-state index in [1.807, 2.05) is 72.5 Å². The van der Waals surface area contributed by atoms with E-state index >= 15 is 0 Å². The summed E-state index contributed by atoms with van der Waals surface area (Å²) in [5.74, 6) is 1.79. The van der Waals surface area contributed by atoms with Crippen molar-refractivity contribution >= 4 is 28.9 Å². The fraction of sp³-hybridized carbons (Fsp3) is 0.179. The Morgan fingerprint density at radius 2 is 1.73 bits per heavy atom. The molecule has 1 fully saturated rings. The summed E-state index contributed by atoms with van der Waals surface area (Å²) in [5, 5.41) is 8.05. The van der Waals surface area contributed by atoms with Crippen LogP contribution in [0.2, 0.25) is 0 Å². The number of piperazine rings is 1. The first kappa shape index (κ1) is 22.7. The van der Waals surface area contributed by atoms with Crippen molar-refractivity contribution in [1.29, 1.82) is 0 Å². The Hall–Kier alpha value is -4.79. The van der Waals surface area contributed by atoms with E-state index in [0.717, 1.165) is 30.0 Å². The van der Waals surface area contributed by atoms with Crippen LogP contribution in [0, 0.1) is 6.92 Å². The van der Waals surface area contributed by atoms with Gasteiger partial charge in [0.05, 0.1) is 0 Å². The van der Waals surface area contributed by atoms with Gasteiger partial charge in [0.25, 0.3) is 11.7 Å². The number of hydrogen-bond acceptors (Lipinski definition) is 7. The van der Waals surface area contributed by atoms with E-state index in [1.165, 1.54) is 5.69 Å². The van der Waals surface area contributed by atoms with Gasteiger partial charge >= 0.3 is 0 Å². The predicted molar refractivity (Wildman–Crippen MR) is 143 cm³/mol. The molecular formula is C28H26N8O. The highest BCUT2D eigenvalue weighted by Crippen LogP contribution is 2.23. The second kappa shape index (κ2) is 9.69. The number of aryl methyl sites for hydroxylation is 1. The topological polar surface area (TPSA) is 91.6 Å². The Bertz CT molecular complexity index is 1540. The highest BCUT2D eigenvalue weighted by Gasteiger charge is 2.22. The molecule has 1 saturated heterocycles. The van der Waals surface area contributed by atoms with Crippen molar-refractivity contribution in [2.75, 3.05) is 36.4 Å². The number of aromatic nitrogens is 5. The summed E-state index contributed by atoms with van der Waals surface area (Å²) < 4.78 is 1.67. The van der Waals surface area contributed by atoms with Gasteiger partial charge in [-0.2, -0.15) is 9.50 Å². The molecule has 37 heavy (non-hydrogen) atoms. The maximum absolute atomic E-state index is 13.3. The molecular weight excluding hydrogens is 464 g/mol. The Kier molecular flexibility index (Phi) is 5.94. The number of rotatable bonds is 5. The van der Waals surface area contributed by atoms with Crippen molar-refractivity contribution in [1.82, 2.24) is 29.5 Å². The Morgan fingerprint density at radius 3 is 2.51 bits per heavy atom. The van der Waals surface area contributed by atoms with Crippen LogP contribution in [0.25, 0.3) is 17.2 Å². The average molecular weight is 491 g/mol. The van der Waals surface area contributed by atoms with Crippen molar-refractivity contribution in [3.8, 4) is 11.4 Å². The zero-order chi connectivity index (χ0) is 25.2. The first-order chi connectivity index (χ1) is 18.1. The third kappa shape index (κ3) is 4.71. The normalized spacial score (nSPS) is 13.6. The standard InChI is InChI=1S/C28H26N8O/c1-20-17-25(36-28(30-20)32-26(33-36)22-8-6-12-29-19-22)31-23-9-5-7-21(18-23)27(37)35-15-13-34(14-16-35)24-10-3-2-4-11-24/h2-12,17-19,31H,13-16H2,1H3. The predicted octanol–water partition coefficient (Wildman–Crippen LogP) is 4.20. The molecule has 0 radical (unpaired) electrons. The minimum absolute atomic E-state index is 0.0343. The summed E-state index contributed by atoms with van der Waals surface area (Å²) >= 11 is 0. The lowest BCUT2D eigenvalue weighted by molar-refractivity contribution is 0.0747. The molecule has 4 heterocycles. The number of hydrogen-bond donors (Lipinski definition) is 1. The van der Waals surface area contributed by atoms with Gasteiger partial charge in [-0.15, -0.1) is 5.10 Å². The molecule has 184 valence electrons. The molecule has 0 aliphatic carbocycles. The average Bonchev–Trinajstić information content (AvgIpc) is 3.38. The number of benzene rings is 2. The van der Waals surface area contributed by atoms with Crippen molar-refractivity contribution in [3.05, 3.63) is 96.4 Å². The maximum atomic E-state index is 13.3. The number of amides is 1. The van der Waals surface area contributed by atoms with Gasteiger partial charge in [0.1, 0.15) is 5.82 Å². The van der Waals surface area contributed by atoms with Crippen LogP contribution in [0.5, 0.6) is 0 Å². The number of nitrogens with one attached hydrogen (secondary N) is 1. The lowest BCUT2D eigenvalue weighted by Crippen LogP contribution is -2.48. The van der Waals surface area contributed by atoms with Gasteiger partial charge < -0.3 is 15.1 Å². The van der Waals surface area contributed by atoms with Gasteiger partial charge in [-0.3, -0.25) is 9.78 Å². The summed E-state index contributed by atoms with van der Waals surface area (Å²) in [6, 6.07) is 23.6. The van der Waals surface area contributed by atoms with Crippen LogP contribution < -0.4 is 10.2 Å². The molecule has 0 unspecified atom stereocenters. The van der Waals surface area contributed by atoms with Gasteiger partial charge in [-0.25, -0.2) is 4.98 Å². The maximum Gasteiger partial charge on any atom is 0.254 e. The summed E-state index contributed by atoms with van der Waals surface area (Å²) in [6.45, 7) is 4.91. The fourth-order valence-corrected chi connectivity index (χ4v) is 4.56. The highest BCUT2D eigenvalue weighted by molar-refractivity contribution is 5.95. The molecule has 1 aliphatic heterocycles. The fourth-order valence-electron chi connectivity index (χ4n) is 4.56. The van der Waals surface area contributed by atoms with E-state index in [1.54, 1.807) is 16.9 Å². The number of nitrogens with zero attached hydrogens (tertiary/aromatic N) is 7. The van der Waals surface area contributed by atoms with E-state index in [4.69, 9.17) is 0 Å². The number of fused-ring (bicyclic) bond motifs is 1. The van der Waals surface area contributed by atoms with E-state index in [2.05, 4.69) is 42.4 Å². The monoisotopic (exact) mass is 490 g/mol. The largest absolute Gasteiger partial charge is 0.368 e. The molecule has 2 aromatic carbocycles. The van der Waals surface area contributed by atoms with Gasteiger partial charge in [0, 0.05) is 72.8 Å². The van der Waals surface area contributed by atoms with Gasteiger partial charge in [0.15, 0.2) is 5.82 Å². The number of para-hydroxylation sites is 1. The molecule has 1 aliphatic rings. The zero-order valence-electron chi connectivity index (χ0n) is 20.5. The molecule has 9 nitrogen and oxygen atoms in total. The van der Waals surface area contributed by atoms with Gasteiger partial charge in [0.2, 0.25) is 0 Å². The molecule has 9 heteroatoms. The van der Waals surface area contributed by atoms with Gasteiger partial charge in [-0.1, -0.05) is 24.3 Å². The first-order valence-electron chi connectivity index (χ1n) is 12.3. The van der Waals surface area contributed by atoms with Crippen LogP contribution in [0.15, 0.2) is 85.2 Å². The lowest BCUT2D eigenvalue weighted by Gasteiger charge is -2.36. The smallest absolute Gasteiger partial charge is 0.254 e. The van der Waals surface area contributed by atoms with E-state index in [0.29, 0.717) is 36.1 Å². The summed E-state index contributed by atoms with van der Waals surface area (Å²) in [6.07, 6.45) is 3.44. The Morgan fingerprint density at radius 1 is 0.892 bits per heavy atom. The van der Waals surface area contributed by atoms with E-state index in [9.17, 15) is 4.79 Å². The molecule has 6 rings (SSSR count). The van der Waals surface area contributed by atoms with Crippen molar-refractivity contribution in [2.45, 2.75) is 6.92 Å². The van der Waals surface area contributed by atoms with Crippen molar-refractivity contribution in [2.24, 2.45) is 0 Å². The zero-order valence-corrected chi connectivity index (χ0v) is 20.5. The second-order valence-electron chi connectivity index (χ2n) is 8.99. The van der Waals surface area contributed by atoms with Gasteiger partial charge in [-0.05, 0) is 49.4 Å². The van der Waals surface area contributed by atoms with Crippen LogP contribution in [0.4, 0.5) is 17.2 Å². The molecule has 0 spiro atoms. The number of carbonyl (C=O) groups is 1. The summed E-state index contributed by atoms with van der Waals surface area (Å²) in [4.78, 5) is 30.8. The van der Waals surface area contributed by atoms with Crippen LogP contribution in [0.3, 0.4) is 0 Å². The molecule has 0 bridgehead atoms. The van der Waals surface area contributed by atoms with Crippen molar-refractivity contribution in [3.63, 3.8) is 0 Å². The van der Waals surface area contributed by atoms with Crippen LogP contribution in [-0.2, 0) is 0 Å². The molecule has 0 atom stereocenters. The van der Waals surface area contributed by atoms with Crippen LogP contribution in [-0.4, -0.2) is 61.6 Å². The lowest BCUT2D eigenvalue weighted by atomic mass is 10.1. The highest BCUT2D eigenvalue weighted by atomic mass is 16.2. The van der Waals surface area contributed by atoms with Crippen LogP contribution in [0.1, 0.15) is 16.1 Å².